The molecule has 19 heavy (non-hydrogen) atoms. The molecule has 1 aromatic heterocycles. The van der Waals surface area contributed by atoms with Crippen LogP contribution in [0.1, 0.15) is 18.2 Å². The molecule has 0 amide bonds. The maximum absolute atomic E-state index is 5.68. The Morgan fingerprint density at radius 3 is 2.53 bits per heavy atom. The molecule has 2 rings (SSSR count). The number of rotatable bonds is 4. The largest absolute Gasteiger partial charge is 0.497 e. The van der Waals surface area contributed by atoms with Crippen molar-refractivity contribution < 1.29 is 9.47 Å². The summed E-state index contributed by atoms with van der Waals surface area (Å²) in [6, 6.07) is 3.74. The Bertz CT molecular complexity index is 611. The number of fused-ring (bicyclic) bond motifs is 1. The predicted molar refractivity (Wildman–Crippen MR) is 76.8 cm³/mol. The molecule has 1 aromatic carbocycles. The van der Waals surface area contributed by atoms with Gasteiger partial charge in [-0.05, 0) is 25.0 Å². The smallest absolute Gasteiger partial charge is 0.148 e. The van der Waals surface area contributed by atoms with Crippen molar-refractivity contribution in [3.8, 4) is 11.5 Å². The topological polar surface area (TPSA) is 69.4 Å². The lowest BCUT2D eigenvalue weighted by Gasteiger charge is -2.16. The molecule has 0 aliphatic carbocycles. The average molecular weight is 261 g/mol. The van der Waals surface area contributed by atoms with Gasteiger partial charge in [-0.2, -0.15) is 0 Å². The Balaban J connectivity index is 2.89. The van der Waals surface area contributed by atoms with Crippen LogP contribution >= 0.6 is 0 Å². The number of pyridine rings is 1. The molecule has 0 fully saturated rings. The molecule has 0 unspecified atom stereocenters. The predicted octanol–water partition coefficient (Wildman–Crippen LogP) is 2.41. The van der Waals surface area contributed by atoms with Crippen molar-refractivity contribution in [3.05, 3.63) is 23.4 Å². The summed E-state index contributed by atoms with van der Waals surface area (Å²) in [4.78, 5) is 4.63. The van der Waals surface area contributed by atoms with Crippen molar-refractivity contribution in [3.63, 3.8) is 0 Å². The van der Waals surface area contributed by atoms with E-state index in [9.17, 15) is 0 Å². The molecule has 0 bridgehead atoms. The fourth-order valence-electron chi connectivity index (χ4n) is 2.34. The molecular weight excluding hydrogens is 242 g/mol. The summed E-state index contributed by atoms with van der Waals surface area (Å²) in [5.41, 5.74) is 6.49. The molecule has 102 valence electrons. The van der Waals surface area contributed by atoms with E-state index in [1.807, 2.05) is 19.1 Å². The van der Waals surface area contributed by atoms with Crippen LogP contribution in [-0.4, -0.2) is 19.2 Å². The molecule has 0 saturated carbocycles. The molecule has 0 spiro atoms. The number of nitrogens with zero attached hydrogens (tertiary/aromatic N) is 1. The first-order valence-electron chi connectivity index (χ1n) is 6.18. The highest BCUT2D eigenvalue weighted by Gasteiger charge is 2.15. The quantitative estimate of drug-likeness (QED) is 0.653. The fourth-order valence-corrected chi connectivity index (χ4v) is 2.34. The van der Waals surface area contributed by atoms with Gasteiger partial charge in [0, 0.05) is 17.1 Å². The summed E-state index contributed by atoms with van der Waals surface area (Å²) in [7, 11) is 3.24. The second-order valence-electron chi connectivity index (χ2n) is 4.27. The fraction of sp³-hybridized carbons (Fsp3) is 0.357. The second-order valence-corrected chi connectivity index (χ2v) is 4.27. The highest BCUT2D eigenvalue weighted by Crippen LogP contribution is 2.36. The summed E-state index contributed by atoms with van der Waals surface area (Å²) in [6.45, 7) is 4.05. The number of aryl methyl sites for hydroxylation is 1. The van der Waals surface area contributed by atoms with Crippen molar-refractivity contribution in [2.24, 2.45) is 5.84 Å². The number of methoxy groups -OCH3 is 2. The first-order chi connectivity index (χ1) is 9.15. The minimum Gasteiger partial charge on any atom is -0.497 e. The van der Waals surface area contributed by atoms with E-state index in [1.54, 1.807) is 14.2 Å². The monoisotopic (exact) mass is 261 g/mol. The Labute approximate surface area is 112 Å². The molecular formula is C14H19N3O2. The van der Waals surface area contributed by atoms with Crippen molar-refractivity contribution in [2.75, 3.05) is 19.6 Å². The van der Waals surface area contributed by atoms with Crippen LogP contribution < -0.4 is 20.7 Å². The number of anilines is 1. The lowest BCUT2D eigenvalue weighted by Crippen LogP contribution is -2.12. The van der Waals surface area contributed by atoms with Crippen LogP contribution in [0.15, 0.2) is 12.1 Å². The molecule has 0 aliphatic rings. The van der Waals surface area contributed by atoms with Gasteiger partial charge in [0.15, 0.2) is 0 Å². The summed E-state index contributed by atoms with van der Waals surface area (Å²) >= 11 is 0. The number of hydrazine groups is 1. The highest BCUT2D eigenvalue weighted by molar-refractivity contribution is 5.97. The molecule has 0 radical (unpaired) electrons. The van der Waals surface area contributed by atoms with Crippen LogP contribution in [0.3, 0.4) is 0 Å². The molecule has 5 nitrogen and oxygen atoms in total. The summed E-state index contributed by atoms with van der Waals surface area (Å²) in [5, 5.41) is 0.904. The lowest BCUT2D eigenvalue weighted by molar-refractivity contribution is 0.397. The second kappa shape index (κ2) is 5.32. The van der Waals surface area contributed by atoms with E-state index >= 15 is 0 Å². The number of ether oxygens (including phenoxy) is 2. The van der Waals surface area contributed by atoms with Crippen molar-refractivity contribution in [1.82, 2.24) is 4.98 Å². The van der Waals surface area contributed by atoms with Gasteiger partial charge in [-0.25, -0.2) is 4.98 Å². The molecule has 0 saturated heterocycles. The number of nitrogens with two attached hydrogens (primary N) is 1. The summed E-state index contributed by atoms with van der Waals surface area (Å²) in [5.74, 6) is 7.08. The van der Waals surface area contributed by atoms with E-state index in [2.05, 4.69) is 17.3 Å². The maximum atomic E-state index is 5.68. The van der Waals surface area contributed by atoms with E-state index in [0.29, 0.717) is 11.5 Å². The summed E-state index contributed by atoms with van der Waals surface area (Å²) < 4.78 is 10.7. The van der Waals surface area contributed by atoms with Crippen molar-refractivity contribution >= 4 is 16.6 Å². The minimum absolute atomic E-state index is 0.677. The SMILES string of the molecule is CCc1c(C)nc2c(OC)cc(OC)cc2c1NN. The van der Waals surface area contributed by atoms with Crippen LogP contribution in [0.2, 0.25) is 0 Å². The number of nitrogens with one attached hydrogen (secondary N) is 1. The molecule has 1 heterocycles. The van der Waals surface area contributed by atoms with Gasteiger partial charge in [0.05, 0.1) is 19.9 Å². The molecule has 0 atom stereocenters. The van der Waals surface area contributed by atoms with Crippen molar-refractivity contribution in [1.29, 1.82) is 0 Å². The Hall–Kier alpha value is -2.01. The first kappa shape index (κ1) is 13.4. The average Bonchev–Trinajstić information content (AvgIpc) is 2.44. The van der Waals surface area contributed by atoms with Crippen LogP contribution in [0.25, 0.3) is 10.9 Å². The van der Waals surface area contributed by atoms with Gasteiger partial charge < -0.3 is 14.9 Å². The standard InChI is InChI=1S/C14H19N3O2/c1-5-10-8(2)16-14-11(13(10)17-15)6-9(18-3)7-12(14)19-4/h6-7H,5,15H2,1-4H3,(H,16,17). The van der Waals surface area contributed by atoms with E-state index in [0.717, 1.165) is 34.3 Å². The number of hydrogen-bond donors (Lipinski definition) is 2. The van der Waals surface area contributed by atoms with E-state index < -0.39 is 0 Å². The van der Waals surface area contributed by atoms with E-state index in [-0.39, 0.29) is 0 Å². The zero-order valence-electron chi connectivity index (χ0n) is 11.7. The summed E-state index contributed by atoms with van der Waals surface area (Å²) in [6.07, 6.45) is 0.855. The van der Waals surface area contributed by atoms with Gasteiger partial charge in [-0.3, -0.25) is 5.84 Å². The number of nitrogen functional groups attached to an aromatic ring is 1. The van der Waals surface area contributed by atoms with Crippen LogP contribution in [0, 0.1) is 6.92 Å². The van der Waals surface area contributed by atoms with Crippen LogP contribution in [0.4, 0.5) is 5.69 Å². The van der Waals surface area contributed by atoms with Gasteiger partial charge in [0.2, 0.25) is 0 Å². The van der Waals surface area contributed by atoms with Gasteiger partial charge in [0.25, 0.3) is 0 Å². The third-order valence-corrected chi connectivity index (χ3v) is 3.29. The molecule has 5 heteroatoms. The molecule has 2 aromatic rings. The maximum Gasteiger partial charge on any atom is 0.148 e. The van der Waals surface area contributed by atoms with Gasteiger partial charge in [-0.1, -0.05) is 6.92 Å². The number of benzene rings is 1. The first-order valence-corrected chi connectivity index (χ1v) is 6.18. The number of aromatic nitrogens is 1. The molecule has 3 N–H and O–H groups in total. The Kier molecular flexibility index (Phi) is 3.76. The minimum atomic E-state index is 0.677. The van der Waals surface area contributed by atoms with Gasteiger partial charge >= 0.3 is 0 Å². The normalized spacial score (nSPS) is 10.6. The van der Waals surface area contributed by atoms with E-state index in [4.69, 9.17) is 15.3 Å². The molecule has 0 aliphatic heterocycles. The van der Waals surface area contributed by atoms with Gasteiger partial charge in [-0.15, -0.1) is 0 Å². The third kappa shape index (κ3) is 2.17. The Morgan fingerprint density at radius 1 is 1.26 bits per heavy atom. The third-order valence-electron chi connectivity index (χ3n) is 3.29. The van der Waals surface area contributed by atoms with Gasteiger partial charge in [0.1, 0.15) is 17.0 Å². The van der Waals surface area contributed by atoms with Crippen LogP contribution in [0.5, 0.6) is 11.5 Å². The Morgan fingerprint density at radius 2 is 2.00 bits per heavy atom. The van der Waals surface area contributed by atoms with Crippen molar-refractivity contribution in [2.45, 2.75) is 20.3 Å². The lowest BCUT2D eigenvalue weighted by atomic mass is 10.0. The zero-order chi connectivity index (χ0) is 14.0. The number of hydrogen-bond acceptors (Lipinski definition) is 5. The van der Waals surface area contributed by atoms with E-state index in [1.165, 1.54) is 0 Å². The van der Waals surface area contributed by atoms with Crippen LogP contribution in [-0.2, 0) is 6.42 Å². The highest BCUT2D eigenvalue weighted by atomic mass is 16.5. The zero-order valence-corrected chi connectivity index (χ0v) is 11.7.